The smallest absolute Gasteiger partial charge is 0.115 e. The third kappa shape index (κ3) is 4.56. The number of benzene rings is 2. The normalized spacial score (nSPS) is 9.76. The molecule has 0 atom stereocenters. The van der Waals surface area contributed by atoms with Crippen LogP contribution in [0.15, 0.2) is 54.6 Å². The lowest BCUT2D eigenvalue weighted by molar-refractivity contribution is 0.475. The molecule has 0 amide bonds. The minimum Gasteiger partial charge on any atom is -0.508 e. The van der Waals surface area contributed by atoms with Gasteiger partial charge in [-0.25, -0.2) is 0 Å². The maximum absolute atomic E-state index is 9.12. The monoisotopic (exact) mass is 226 g/mol. The molecule has 1 N–H and O–H groups in total. The van der Waals surface area contributed by atoms with Gasteiger partial charge in [0.2, 0.25) is 0 Å². The molecular formula is C16H18O. The van der Waals surface area contributed by atoms with Crippen molar-refractivity contribution in [2.24, 2.45) is 0 Å². The van der Waals surface area contributed by atoms with E-state index in [2.05, 4.69) is 12.1 Å². The first-order chi connectivity index (χ1) is 8.34. The van der Waals surface area contributed by atoms with Gasteiger partial charge in [0.25, 0.3) is 0 Å². The minimum atomic E-state index is 0.298. The van der Waals surface area contributed by atoms with Gasteiger partial charge in [-0.05, 0) is 23.3 Å². The first kappa shape index (κ1) is 13.0. The highest BCUT2D eigenvalue weighted by Gasteiger charge is 1.88. The lowest BCUT2D eigenvalue weighted by Crippen LogP contribution is -1.71. The van der Waals surface area contributed by atoms with Crippen molar-refractivity contribution in [3.63, 3.8) is 0 Å². The molecule has 0 aliphatic heterocycles. The van der Waals surface area contributed by atoms with Gasteiger partial charge < -0.3 is 5.11 Å². The van der Waals surface area contributed by atoms with Crippen molar-refractivity contribution in [1.82, 2.24) is 0 Å². The summed E-state index contributed by atoms with van der Waals surface area (Å²) in [4.78, 5) is 0. The summed E-state index contributed by atoms with van der Waals surface area (Å²) in [5.41, 5.74) is 2.25. The van der Waals surface area contributed by atoms with Crippen LogP contribution in [0.3, 0.4) is 0 Å². The fourth-order valence-corrected chi connectivity index (χ4v) is 1.34. The Kier molecular flexibility index (Phi) is 5.59. The Bertz CT molecular complexity index is 441. The van der Waals surface area contributed by atoms with Gasteiger partial charge in [-0.15, -0.1) is 0 Å². The van der Waals surface area contributed by atoms with Gasteiger partial charge in [0.15, 0.2) is 0 Å². The second-order valence-electron chi connectivity index (χ2n) is 3.34. The lowest BCUT2D eigenvalue weighted by Gasteiger charge is -1.94. The first-order valence-corrected chi connectivity index (χ1v) is 5.87. The molecular weight excluding hydrogens is 208 g/mol. The molecule has 0 saturated carbocycles. The number of rotatable bonds is 2. The van der Waals surface area contributed by atoms with Gasteiger partial charge in [0.05, 0.1) is 0 Å². The van der Waals surface area contributed by atoms with E-state index in [1.807, 2.05) is 56.3 Å². The van der Waals surface area contributed by atoms with Gasteiger partial charge in [0, 0.05) is 0 Å². The molecule has 2 aromatic rings. The molecule has 0 heterocycles. The van der Waals surface area contributed by atoms with Crippen LogP contribution in [-0.2, 0) is 0 Å². The highest BCUT2D eigenvalue weighted by atomic mass is 16.3. The number of hydrogen-bond donors (Lipinski definition) is 1. The van der Waals surface area contributed by atoms with Crippen LogP contribution in [0.2, 0.25) is 0 Å². The first-order valence-electron chi connectivity index (χ1n) is 5.87. The summed E-state index contributed by atoms with van der Waals surface area (Å²) < 4.78 is 0. The fraction of sp³-hybridized carbons (Fsp3) is 0.125. The molecule has 2 aromatic carbocycles. The van der Waals surface area contributed by atoms with Crippen molar-refractivity contribution in [1.29, 1.82) is 0 Å². The average Bonchev–Trinajstić information content (AvgIpc) is 2.42. The Hall–Kier alpha value is -2.02. The molecule has 0 aliphatic rings. The van der Waals surface area contributed by atoms with E-state index in [1.165, 1.54) is 5.56 Å². The van der Waals surface area contributed by atoms with Crippen LogP contribution < -0.4 is 0 Å². The van der Waals surface area contributed by atoms with Gasteiger partial charge in [0.1, 0.15) is 5.75 Å². The molecule has 0 radical (unpaired) electrons. The van der Waals surface area contributed by atoms with Crippen LogP contribution in [-0.4, -0.2) is 5.11 Å². The Morgan fingerprint density at radius 2 is 1.18 bits per heavy atom. The SMILES string of the molecule is CC.Oc1ccc(/C=C/c2ccccc2)cc1. The molecule has 1 nitrogen and oxygen atoms in total. The van der Waals surface area contributed by atoms with E-state index in [1.54, 1.807) is 12.1 Å². The van der Waals surface area contributed by atoms with E-state index in [9.17, 15) is 0 Å². The quantitative estimate of drug-likeness (QED) is 0.742. The van der Waals surface area contributed by atoms with Crippen LogP contribution in [0, 0.1) is 0 Å². The van der Waals surface area contributed by atoms with Crippen LogP contribution in [0.1, 0.15) is 25.0 Å². The van der Waals surface area contributed by atoms with Gasteiger partial charge in [-0.3, -0.25) is 0 Å². The zero-order valence-electron chi connectivity index (χ0n) is 10.3. The zero-order chi connectivity index (χ0) is 12.5. The standard InChI is InChI=1S/C14H12O.C2H6/c15-14-10-8-13(9-11-14)7-6-12-4-2-1-3-5-12;1-2/h1-11,15H;1-2H3/b7-6+;. The van der Waals surface area contributed by atoms with E-state index in [4.69, 9.17) is 5.11 Å². The summed E-state index contributed by atoms with van der Waals surface area (Å²) in [5, 5.41) is 9.12. The van der Waals surface area contributed by atoms with Crippen molar-refractivity contribution in [3.05, 3.63) is 65.7 Å². The van der Waals surface area contributed by atoms with E-state index < -0.39 is 0 Å². The molecule has 88 valence electrons. The van der Waals surface area contributed by atoms with Gasteiger partial charge >= 0.3 is 0 Å². The fourth-order valence-electron chi connectivity index (χ4n) is 1.34. The molecule has 0 aromatic heterocycles. The van der Waals surface area contributed by atoms with E-state index in [0.717, 1.165) is 5.56 Å². The molecule has 0 bridgehead atoms. The van der Waals surface area contributed by atoms with Crippen molar-refractivity contribution < 1.29 is 5.11 Å². The average molecular weight is 226 g/mol. The van der Waals surface area contributed by atoms with Gasteiger partial charge in [-0.2, -0.15) is 0 Å². The molecule has 17 heavy (non-hydrogen) atoms. The molecule has 0 unspecified atom stereocenters. The topological polar surface area (TPSA) is 20.2 Å². The molecule has 1 heteroatoms. The summed E-state index contributed by atoms with van der Waals surface area (Å²) in [7, 11) is 0. The summed E-state index contributed by atoms with van der Waals surface area (Å²) in [6.07, 6.45) is 4.07. The minimum absolute atomic E-state index is 0.298. The third-order valence-electron chi connectivity index (χ3n) is 2.16. The Balaban J connectivity index is 0.000000686. The third-order valence-corrected chi connectivity index (χ3v) is 2.16. The maximum Gasteiger partial charge on any atom is 0.115 e. The predicted molar refractivity (Wildman–Crippen MR) is 74.8 cm³/mol. The van der Waals surface area contributed by atoms with E-state index >= 15 is 0 Å². The highest BCUT2D eigenvalue weighted by Crippen LogP contribution is 2.12. The summed E-state index contributed by atoms with van der Waals surface area (Å²) in [6.45, 7) is 4.00. The van der Waals surface area contributed by atoms with Gasteiger partial charge in [-0.1, -0.05) is 68.5 Å². The number of aromatic hydroxyl groups is 1. The highest BCUT2D eigenvalue weighted by molar-refractivity contribution is 5.69. The summed E-state index contributed by atoms with van der Waals surface area (Å²) in [5.74, 6) is 0.298. The van der Waals surface area contributed by atoms with Crippen LogP contribution in [0.25, 0.3) is 12.2 Å². The molecule has 0 spiro atoms. The number of phenolic OH excluding ortho intramolecular Hbond substituents is 1. The molecule has 0 saturated heterocycles. The maximum atomic E-state index is 9.12. The second-order valence-corrected chi connectivity index (χ2v) is 3.34. The van der Waals surface area contributed by atoms with Crippen LogP contribution >= 0.6 is 0 Å². The number of hydrogen-bond acceptors (Lipinski definition) is 1. The lowest BCUT2D eigenvalue weighted by atomic mass is 10.1. The predicted octanol–water partition coefficient (Wildman–Crippen LogP) is 4.59. The zero-order valence-corrected chi connectivity index (χ0v) is 10.3. The largest absolute Gasteiger partial charge is 0.508 e. The summed E-state index contributed by atoms with van der Waals surface area (Å²) >= 11 is 0. The van der Waals surface area contributed by atoms with Crippen molar-refractivity contribution in [3.8, 4) is 5.75 Å². The van der Waals surface area contributed by atoms with E-state index in [-0.39, 0.29) is 0 Å². The van der Waals surface area contributed by atoms with Crippen molar-refractivity contribution in [2.75, 3.05) is 0 Å². The number of phenols is 1. The second kappa shape index (κ2) is 7.29. The summed E-state index contributed by atoms with van der Waals surface area (Å²) in [6, 6.07) is 17.3. The Labute approximate surface area is 103 Å². The van der Waals surface area contributed by atoms with Crippen molar-refractivity contribution in [2.45, 2.75) is 13.8 Å². The van der Waals surface area contributed by atoms with Crippen LogP contribution in [0.4, 0.5) is 0 Å². The van der Waals surface area contributed by atoms with Crippen molar-refractivity contribution >= 4 is 12.2 Å². The Morgan fingerprint density at radius 1 is 0.706 bits per heavy atom. The molecule has 2 rings (SSSR count). The Morgan fingerprint density at radius 3 is 1.71 bits per heavy atom. The van der Waals surface area contributed by atoms with E-state index in [0.29, 0.717) is 5.75 Å². The molecule has 0 fully saturated rings. The van der Waals surface area contributed by atoms with Crippen LogP contribution in [0.5, 0.6) is 5.75 Å². The molecule has 0 aliphatic carbocycles.